The summed E-state index contributed by atoms with van der Waals surface area (Å²) >= 11 is 0. The molecule has 8 nitrogen and oxygen atoms in total. The zero-order valence-electron chi connectivity index (χ0n) is 15.1. The van der Waals surface area contributed by atoms with E-state index in [0.29, 0.717) is 5.56 Å². The summed E-state index contributed by atoms with van der Waals surface area (Å²) < 4.78 is 89.3. The average Bonchev–Trinajstić information content (AvgIpc) is 3.24. The molecule has 1 fully saturated rings. The molecule has 1 atom stereocenters. The second kappa shape index (κ2) is 7.03. The maximum Gasteiger partial charge on any atom is 0.431 e. The lowest BCUT2D eigenvalue weighted by molar-refractivity contribution is -0.140. The number of H-pyrrole nitrogens is 1. The first kappa shape index (κ1) is 20.8. The molecule has 1 saturated heterocycles. The van der Waals surface area contributed by atoms with Gasteiger partial charge in [0.15, 0.2) is 9.84 Å². The highest BCUT2D eigenvalue weighted by molar-refractivity contribution is 7.92. The number of nitrogens with zero attached hydrogens (tertiary/aromatic N) is 2. The number of halogens is 3. The van der Waals surface area contributed by atoms with Gasteiger partial charge in [-0.1, -0.05) is 0 Å². The summed E-state index contributed by atoms with van der Waals surface area (Å²) in [7, 11) is -7.25. The van der Waals surface area contributed by atoms with E-state index in [9.17, 15) is 30.0 Å². The highest BCUT2D eigenvalue weighted by Gasteiger charge is 2.33. The number of hydrogen-bond donors (Lipinski definition) is 2. The second-order valence-corrected chi connectivity index (χ2v) is 10.8. The number of alkyl halides is 3. The molecule has 30 heavy (non-hydrogen) atoms. The minimum Gasteiger partial charge on any atom is -0.336 e. The summed E-state index contributed by atoms with van der Waals surface area (Å²) in [6.45, 7) is 0. The van der Waals surface area contributed by atoms with E-state index in [4.69, 9.17) is 0 Å². The molecule has 13 heteroatoms. The van der Waals surface area contributed by atoms with Crippen molar-refractivity contribution in [3.63, 3.8) is 0 Å². The van der Waals surface area contributed by atoms with E-state index in [-0.39, 0.29) is 39.5 Å². The molecule has 1 aliphatic rings. The van der Waals surface area contributed by atoms with Crippen molar-refractivity contribution in [1.82, 2.24) is 19.7 Å². The van der Waals surface area contributed by atoms with Crippen LogP contribution in [-0.2, 0) is 26.0 Å². The van der Waals surface area contributed by atoms with Crippen molar-refractivity contribution in [3.05, 3.63) is 42.4 Å². The fraction of sp³-hybridized carbons (Fsp3) is 0.294. The summed E-state index contributed by atoms with van der Waals surface area (Å²) in [6.07, 6.45) is -1.98. The number of hydrogen-bond acceptors (Lipinski definition) is 6. The molecule has 4 rings (SSSR count). The average molecular weight is 460 g/mol. The highest BCUT2D eigenvalue weighted by Crippen LogP contribution is 2.34. The maximum absolute atomic E-state index is 13.0. The van der Waals surface area contributed by atoms with Gasteiger partial charge in [-0.3, -0.25) is 4.98 Å². The standard InChI is InChI=1S/C17H15F3N4O4S2/c18-17(19,20)15-7-13-12(3-5-21-16(13)23-15)14-2-1-11(8-22-14)30(27,28)24-10-4-6-29(25,26)9-10/h1-3,5,7-8,10,24H,4,6,9H2,(H,21,23). The fourth-order valence-electron chi connectivity index (χ4n) is 3.28. The molecule has 4 heterocycles. The number of fused-ring (bicyclic) bond motifs is 1. The van der Waals surface area contributed by atoms with Gasteiger partial charge in [0.2, 0.25) is 10.0 Å². The first-order valence-electron chi connectivity index (χ1n) is 8.69. The predicted molar refractivity (Wildman–Crippen MR) is 102 cm³/mol. The Balaban J connectivity index is 1.63. The van der Waals surface area contributed by atoms with E-state index in [2.05, 4.69) is 19.7 Å². The molecule has 1 aliphatic heterocycles. The Morgan fingerprint density at radius 2 is 1.93 bits per heavy atom. The Bertz CT molecular complexity index is 1320. The molecule has 0 saturated carbocycles. The molecule has 1 unspecified atom stereocenters. The van der Waals surface area contributed by atoms with Gasteiger partial charge in [-0.15, -0.1) is 0 Å². The van der Waals surface area contributed by atoms with E-state index >= 15 is 0 Å². The molecule has 0 spiro atoms. The summed E-state index contributed by atoms with van der Waals surface area (Å²) in [4.78, 5) is 10.0. The van der Waals surface area contributed by atoms with Gasteiger partial charge in [-0.2, -0.15) is 13.2 Å². The zero-order chi connectivity index (χ0) is 21.7. The van der Waals surface area contributed by atoms with Crippen molar-refractivity contribution in [2.45, 2.75) is 23.5 Å². The molecule has 0 amide bonds. The van der Waals surface area contributed by atoms with Gasteiger partial charge in [0.1, 0.15) is 16.2 Å². The van der Waals surface area contributed by atoms with Crippen molar-refractivity contribution in [3.8, 4) is 11.3 Å². The Kier molecular flexibility index (Phi) is 4.86. The molecule has 160 valence electrons. The molecule has 0 aromatic carbocycles. The van der Waals surface area contributed by atoms with Crippen LogP contribution in [0.15, 0.2) is 41.6 Å². The van der Waals surface area contributed by atoms with Crippen LogP contribution < -0.4 is 4.72 Å². The minimum atomic E-state index is -4.57. The van der Waals surface area contributed by atoms with Gasteiger partial charge < -0.3 is 4.98 Å². The molecule has 0 bridgehead atoms. The van der Waals surface area contributed by atoms with E-state index in [0.717, 1.165) is 12.3 Å². The lowest BCUT2D eigenvalue weighted by Crippen LogP contribution is -2.35. The van der Waals surface area contributed by atoms with E-state index in [1.807, 2.05) is 0 Å². The third kappa shape index (κ3) is 4.04. The number of aromatic nitrogens is 3. The number of sulfone groups is 1. The first-order valence-corrected chi connectivity index (χ1v) is 12.0. The van der Waals surface area contributed by atoms with Crippen molar-refractivity contribution in [2.24, 2.45) is 0 Å². The van der Waals surface area contributed by atoms with Crippen LogP contribution in [0.2, 0.25) is 0 Å². The van der Waals surface area contributed by atoms with Crippen LogP contribution in [0.5, 0.6) is 0 Å². The van der Waals surface area contributed by atoms with Crippen molar-refractivity contribution >= 4 is 30.9 Å². The molecule has 0 radical (unpaired) electrons. The van der Waals surface area contributed by atoms with E-state index < -0.39 is 37.8 Å². The van der Waals surface area contributed by atoms with Gasteiger partial charge in [0.25, 0.3) is 0 Å². The van der Waals surface area contributed by atoms with Crippen LogP contribution in [0, 0.1) is 0 Å². The summed E-state index contributed by atoms with van der Waals surface area (Å²) in [5, 5.41) is 0.196. The van der Waals surface area contributed by atoms with Crippen molar-refractivity contribution in [2.75, 3.05) is 11.5 Å². The van der Waals surface area contributed by atoms with Crippen LogP contribution in [0.25, 0.3) is 22.3 Å². The van der Waals surface area contributed by atoms with Gasteiger partial charge in [0, 0.05) is 29.4 Å². The third-order valence-corrected chi connectivity index (χ3v) is 7.99. The quantitative estimate of drug-likeness (QED) is 0.615. The number of rotatable bonds is 4. The Labute approximate surface area is 169 Å². The molecule has 2 N–H and O–H groups in total. The van der Waals surface area contributed by atoms with Gasteiger partial charge in [0.05, 0.1) is 17.2 Å². The lowest BCUT2D eigenvalue weighted by atomic mass is 10.1. The molecule has 3 aromatic rings. The highest BCUT2D eigenvalue weighted by atomic mass is 32.2. The number of sulfonamides is 1. The van der Waals surface area contributed by atoms with Crippen LogP contribution >= 0.6 is 0 Å². The number of aromatic amines is 1. The Hall–Kier alpha value is -2.51. The largest absolute Gasteiger partial charge is 0.431 e. The monoisotopic (exact) mass is 460 g/mol. The van der Waals surface area contributed by atoms with Gasteiger partial charge in [-0.25, -0.2) is 26.5 Å². The third-order valence-electron chi connectivity index (χ3n) is 4.71. The normalized spacial score (nSPS) is 19.4. The number of nitrogens with one attached hydrogen (secondary N) is 2. The fourth-order valence-corrected chi connectivity index (χ4v) is 6.27. The molecule has 3 aromatic heterocycles. The second-order valence-electron chi connectivity index (χ2n) is 6.90. The number of pyridine rings is 2. The summed E-state index contributed by atoms with van der Waals surface area (Å²) in [5.74, 6) is -0.340. The van der Waals surface area contributed by atoms with Gasteiger partial charge in [-0.05, 0) is 30.7 Å². The van der Waals surface area contributed by atoms with E-state index in [1.54, 1.807) is 0 Å². The topological polar surface area (TPSA) is 122 Å². The summed E-state index contributed by atoms with van der Waals surface area (Å²) in [6, 6.07) is 4.33. The maximum atomic E-state index is 13.0. The Morgan fingerprint density at radius 1 is 1.17 bits per heavy atom. The van der Waals surface area contributed by atoms with Crippen molar-refractivity contribution in [1.29, 1.82) is 0 Å². The molecular formula is C17H15F3N4O4S2. The first-order chi connectivity index (χ1) is 13.9. The summed E-state index contributed by atoms with van der Waals surface area (Å²) in [5.41, 5.74) is -0.308. The predicted octanol–water partition coefficient (Wildman–Crippen LogP) is 2.11. The van der Waals surface area contributed by atoms with Crippen LogP contribution in [0.1, 0.15) is 12.1 Å². The Morgan fingerprint density at radius 3 is 2.53 bits per heavy atom. The minimum absolute atomic E-state index is 0.0300. The van der Waals surface area contributed by atoms with E-state index in [1.165, 1.54) is 24.4 Å². The van der Waals surface area contributed by atoms with Gasteiger partial charge >= 0.3 is 6.18 Å². The van der Waals surface area contributed by atoms with Crippen molar-refractivity contribution < 1.29 is 30.0 Å². The molecular weight excluding hydrogens is 445 g/mol. The van der Waals surface area contributed by atoms with Crippen LogP contribution in [0.3, 0.4) is 0 Å². The van der Waals surface area contributed by atoms with Crippen LogP contribution in [0.4, 0.5) is 13.2 Å². The zero-order valence-corrected chi connectivity index (χ0v) is 16.8. The lowest BCUT2D eigenvalue weighted by Gasteiger charge is -2.11. The smallest absolute Gasteiger partial charge is 0.336 e. The SMILES string of the molecule is O=S1(=O)CCC(NS(=O)(=O)c2ccc(-c3ccnc4[nH]c(C(F)(F)F)cc34)nc2)C1. The van der Waals surface area contributed by atoms with Crippen LogP contribution in [-0.4, -0.2) is 49.3 Å². The molecule has 0 aliphatic carbocycles.